The van der Waals surface area contributed by atoms with Crippen LogP contribution in [0.4, 0.5) is 11.8 Å². The zero-order valence-corrected chi connectivity index (χ0v) is 16.8. The summed E-state index contributed by atoms with van der Waals surface area (Å²) in [6.45, 7) is 0.458. The van der Waals surface area contributed by atoms with Gasteiger partial charge in [0, 0.05) is 20.0 Å². The maximum Gasteiger partial charge on any atom is 0.317 e. The van der Waals surface area contributed by atoms with Crippen LogP contribution in [0.5, 0.6) is 0 Å². The first-order valence-corrected chi connectivity index (χ1v) is 9.08. The summed E-state index contributed by atoms with van der Waals surface area (Å²) < 4.78 is 10.3. The van der Waals surface area contributed by atoms with Crippen molar-refractivity contribution in [2.24, 2.45) is 0 Å². The Bertz CT molecular complexity index is 1110. The molecule has 0 amide bonds. The lowest BCUT2D eigenvalue weighted by Gasteiger charge is -2.29. The maximum atomic E-state index is 13.0. The number of carbonyl (C=O) groups is 1. The summed E-state index contributed by atoms with van der Waals surface area (Å²) in [6, 6.07) is 7.45. The van der Waals surface area contributed by atoms with E-state index in [4.69, 9.17) is 27.4 Å². The zero-order chi connectivity index (χ0) is 21.7. The van der Waals surface area contributed by atoms with Crippen molar-refractivity contribution in [1.29, 1.82) is 0 Å². The van der Waals surface area contributed by atoms with Crippen LogP contribution in [0.15, 0.2) is 30.5 Å². The molecule has 0 radical (unpaired) electrons. The van der Waals surface area contributed by atoms with Crippen LogP contribution in [0.2, 0.25) is 0 Å². The molecule has 9 nitrogen and oxygen atoms in total. The molecule has 9 heteroatoms. The first-order valence-electron chi connectivity index (χ1n) is 9.08. The number of esters is 1. The minimum Gasteiger partial charge on any atom is -0.468 e. The van der Waals surface area contributed by atoms with Crippen LogP contribution in [0.25, 0.3) is 11.2 Å². The van der Waals surface area contributed by atoms with Gasteiger partial charge in [0.1, 0.15) is 5.41 Å². The Morgan fingerprint density at radius 2 is 1.90 bits per heavy atom. The average molecular weight is 406 g/mol. The Balaban J connectivity index is 2.09. The highest BCUT2D eigenvalue weighted by atomic mass is 16.5. The van der Waals surface area contributed by atoms with Crippen molar-refractivity contribution in [1.82, 2.24) is 19.9 Å². The van der Waals surface area contributed by atoms with E-state index in [1.165, 1.54) is 13.3 Å². The van der Waals surface area contributed by atoms with E-state index in [-0.39, 0.29) is 30.3 Å². The van der Waals surface area contributed by atoms with Gasteiger partial charge in [-0.15, -0.1) is 12.3 Å². The molecule has 0 bridgehead atoms. The van der Waals surface area contributed by atoms with Crippen LogP contribution < -0.4 is 11.5 Å². The molecule has 2 heterocycles. The van der Waals surface area contributed by atoms with Crippen molar-refractivity contribution in [2.75, 3.05) is 25.7 Å². The highest BCUT2D eigenvalue weighted by molar-refractivity contribution is 5.85. The van der Waals surface area contributed by atoms with Crippen molar-refractivity contribution in [3.8, 4) is 12.3 Å². The number of nitrogens with zero attached hydrogens (tertiary/aromatic N) is 4. The third kappa shape index (κ3) is 3.99. The highest BCUT2D eigenvalue weighted by Gasteiger charge is 2.41. The van der Waals surface area contributed by atoms with Gasteiger partial charge in [0.15, 0.2) is 17.0 Å². The van der Waals surface area contributed by atoms with Gasteiger partial charge >= 0.3 is 5.97 Å². The lowest BCUT2D eigenvalue weighted by atomic mass is 9.74. The zero-order valence-electron chi connectivity index (χ0n) is 16.8. The molecule has 0 aliphatic rings. The predicted octanol–water partition coefficient (Wildman–Crippen LogP) is 1.41. The van der Waals surface area contributed by atoms with E-state index >= 15 is 0 Å². The second kappa shape index (κ2) is 8.71. The molecule has 30 heavy (non-hydrogen) atoms. The standard InChI is InChI=1S/C21H22N6O3/c1-4-9-21(19(28)30-3,14-7-5-13(6-8-14)12-29-2)10-15-11-24-18-16(25-15)17(22)26-20(23)27-18/h1,5-8,11H,9-10,12H2,2-3H3,(H4,22,23,24,26,27). The van der Waals surface area contributed by atoms with Gasteiger partial charge in [0.05, 0.1) is 25.6 Å². The molecule has 1 aromatic carbocycles. The minimum atomic E-state index is -1.15. The Morgan fingerprint density at radius 3 is 2.53 bits per heavy atom. The number of terminal acetylenes is 1. The molecular weight excluding hydrogens is 384 g/mol. The van der Waals surface area contributed by atoms with Crippen LogP contribution in [-0.4, -0.2) is 40.1 Å². The molecule has 2 aromatic heterocycles. The molecule has 0 spiro atoms. The maximum absolute atomic E-state index is 13.0. The fourth-order valence-corrected chi connectivity index (χ4v) is 3.36. The quantitative estimate of drug-likeness (QED) is 0.440. The molecule has 4 N–H and O–H groups in total. The van der Waals surface area contributed by atoms with Gasteiger partial charge in [-0.05, 0) is 11.1 Å². The predicted molar refractivity (Wildman–Crippen MR) is 112 cm³/mol. The third-order valence-corrected chi connectivity index (χ3v) is 4.78. The third-order valence-electron chi connectivity index (χ3n) is 4.78. The van der Waals surface area contributed by atoms with Crippen LogP contribution in [0.1, 0.15) is 23.2 Å². The highest BCUT2D eigenvalue weighted by Crippen LogP contribution is 2.34. The van der Waals surface area contributed by atoms with Crippen molar-refractivity contribution >= 4 is 28.9 Å². The molecule has 0 aliphatic heterocycles. The topological polar surface area (TPSA) is 139 Å². The lowest BCUT2D eigenvalue weighted by molar-refractivity contribution is -0.147. The number of nitrogens with two attached hydrogens (primary N) is 2. The second-order valence-electron chi connectivity index (χ2n) is 6.76. The molecule has 3 aromatic rings. The fraction of sp³-hybridized carbons (Fsp3) is 0.286. The largest absolute Gasteiger partial charge is 0.468 e. The summed E-state index contributed by atoms with van der Waals surface area (Å²) in [5.74, 6) is 2.25. The van der Waals surface area contributed by atoms with E-state index in [2.05, 4.69) is 25.9 Å². The van der Waals surface area contributed by atoms with Gasteiger partial charge in [0.2, 0.25) is 5.95 Å². The van der Waals surface area contributed by atoms with Gasteiger partial charge in [-0.3, -0.25) is 4.79 Å². The molecule has 0 saturated heterocycles. The van der Waals surface area contributed by atoms with E-state index < -0.39 is 11.4 Å². The van der Waals surface area contributed by atoms with E-state index in [1.807, 2.05) is 24.3 Å². The van der Waals surface area contributed by atoms with Crippen LogP contribution in [0, 0.1) is 12.3 Å². The molecular formula is C21H22N6O3. The molecule has 0 saturated carbocycles. The Hall–Kier alpha value is -3.77. The monoisotopic (exact) mass is 406 g/mol. The van der Waals surface area contributed by atoms with Gasteiger partial charge in [-0.1, -0.05) is 24.3 Å². The smallest absolute Gasteiger partial charge is 0.317 e. The lowest BCUT2D eigenvalue weighted by Crippen LogP contribution is -2.39. The minimum absolute atomic E-state index is 0.00874. The number of hydrogen-bond donors (Lipinski definition) is 2. The normalized spacial score (nSPS) is 12.8. The van der Waals surface area contributed by atoms with E-state index in [9.17, 15) is 4.79 Å². The molecule has 154 valence electrons. The SMILES string of the molecule is C#CCC(Cc1cnc2nc(N)nc(N)c2n1)(C(=O)OC)c1ccc(COC)cc1. The number of anilines is 2. The van der Waals surface area contributed by atoms with Crippen LogP contribution >= 0.6 is 0 Å². The average Bonchev–Trinajstić information content (AvgIpc) is 2.74. The number of fused-ring (bicyclic) bond motifs is 1. The van der Waals surface area contributed by atoms with Gasteiger partial charge in [0.25, 0.3) is 0 Å². The van der Waals surface area contributed by atoms with Gasteiger partial charge < -0.3 is 20.9 Å². The number of benzene rings is 1. The molecule has 1 unspecified atom stereocenters. The van der Waals surface area contributed by atoms with Crippen molar-refractivity contribution in [2.45, 2.75) is 24.9 Å². The molecule has 0 aliphatic carbocycles. The first-order chi connectivity index (χ1) is 14.4. The molecule has 3 rings (SSSR count). The van der Waals surface area contributed by atoms with Crippen molar-refractivity contribution < 1.29 is 14.3 Å². The van der Waals surface area contributed by atoms with E-state index in [0.717, 1.165) is 5.56 Å². The number of rotatable bonds is 7. The Kier molecular flexibility index (Phi) is 6.09. The number of aromatic nitrogens is 4. The number of carbonyl (C=O) groups excluding carboxylic acids is 1. The van der Waals surface area contributed by atoms with E-state index in [1.54, 1.807) is 7.11 Å². The summed E-state index contributed by atoms with van der Waals surface area (Å²) >= 11 is 0. The first kappa shape index (κ1) is 21.0. The molecule has 1 atom stereocenters. The number of nitrogen functional groups attached to an aromatic ring is 2. The van der Waals surface area contributed by atoms with E-state index in [0.29, 0.717) is 23.4 Å². The Morgan fingerprint density at radius 1 is 1.17 bits per heavy atom. The summed E-state index contributed by atoms with van der Waals surface area (Å²) in [7, 11) is 2.94. The molecule has 0 fully saturated rings. The number of ether oxygens (including phenoxy) is 2. The van der Waals surface area contributed by atoms with Crippen LogP contribution in [0.3, 0.4) is 0 Å². The summed E-state index contributed by atoms with van der Waals surface area (Å²) in [4.78, 5) is 29.7. The van der Waals surface area contributed by atoms with Gasteiger partial charge in [-0.2, -0.15) is 9.97 Å². The second-order valence-corrected chi connectivity index (χ2v) is 6.76. The Labute approximate surface area is 173 Å². The van der Waals surface area contributed by atoms with Crippen molar-refractivity contribution in [3.63, 3.8) is 0 Å². The van der Waals surface area contributed by atoms with Gasteiger partial charge in [-0.25, -0.2) is 9.97 Å². The fourth-order valence-electron chi connectivity index (χ4n) is 3.36. The number of methoxy groups -OCH3 is 2. The van der Waals surface area contributed by atoms with Crippen LogP contribution in [-0.2, 0) is 32.7 Å². The number of hydrogen-bond acceptors (Lipinski definition) is 9. The summed E-state index contributed by atoms with van der Waals surface area (Å²) in [6.07, 6.45) is 7.42. The van der Waals surface area contributed by atoms with Crippen molar-refractivity contribution in [3.05, 3.63) is 47.3 Å². The summed E-state index contributed by atoms with van der Waals surface area (Å²) in [5.41, 5.74) is 13.1. The summed E-state index contributed by atoms with van der Waals surface area (Å²) in [5, 5.41) is 0.